The van der Waals surface area contributed by atoms with Crippen LogP contribution in [0.3, 0.4) is 0 Å². The van der Waals surface area contributed by atoms with Gasteiger partial charge in [0.25, 0.3) is 5.91 Å². The smallest absolute Gasteiger partial charge is 0.308 e. The van der Waals surface area contributed by atoms with Gasteiger partial charge in [0.15, 0.2) is 0 Å². The van der Waals surface area contributed by atoms with Gasteiger partial charge in [0, 0.05) is 18.7 Å². The van der Waals surface area contributed by atoms with Crippen LogP contribution in [0.5, 0.6) is 0 Å². The molecule has 0 aliphatic carbocycles. The van der Waals surface area contributed by atoms with Gasteiger partial charge in [-0.25, -0.2) is 9.37 Å². The van der Waals surface area contributed by atoms with Crippen LogP contribution in [0, 0.1) is 11.7 Å². The van der Waals surface area contributed by atoms with Gasteiger partial charge >= 0.3 is 5.97 Å². The minimum absolute atomic E-state index is 0.209. The Morgan fingerprint density at radius 3 is 2.82 bits per heavy atom. The summed E-state index contributed by atoms with van der Waals surface area (Å²) in [5.74, 6) is -2.03. The maximum atomic E-state index is 13.7. The Labute approximate surface area is 130 Å². The number of carboxylic acid groups (broad SMARTS) is 1. The van der Waals surface area contributed by atoms with Crippen molar-refractivity contribution in [2.24, 2.45) is 5.92 Å². The molecule has 5 nitrogen and oxygen atoms in total. The number of hydrogen-bond acceptors (Lipinski definition) is 4. The van der Waals surface area contributed by atoms with E-state index in [9.17, 15) is 14.0 Å². The molecule has 1 aromatic carbocycles. The first-order valence-electron chi connectivity index (χ1n) is 6.79. The molecule has 1 N–H and O–H groups in total. The molecule has 1 aliphatic heterocycles. The highest BCUT2D eigenvalue weighted by molar-refractivity contribution is 7.16. The number of amides is 1. The van der Waals surface area contributed by atoms with Crippen molar-refractivity contribution in [3.63, 3.8) is 0 Å². The van der Waals surface area contributed by atoms with E-state index in [1.807, 2.05) is 0 Å². The second-order valence-corrected chi connectivity index (χ2v) is 6.12. The van der Waals surface area contributed by atoms with Gasteiger partial charge in [-0.3, -0.25) is 9.59 Å². The topological polar surface area (TPSA) is 70.5 Å². The minimum Gasteiger partial charge on any atom is -0.481 e. The van der Waals surface area contributed by atoms with E-state index in [-0.39, 0.29) is 18.3 Å². The Morgan fingerprint density at radius 2 is 2.14 bits per heavy atom. The Morgan fingerprint density at radius 1 is 1.36 bits per heavy atom. The number of carbonyl (C=O) groups excluding carboxylic acids is 1. The highest BCUT2D eigenvalue weighted by Crippen LogP contribution is 2.29. The summed E-state index contributed by atoms with van der Waals surface area (Å²) in [5, 5.41) is 9.42. The van der Waals surface area contributed by atoms with Crippen molar-refractivity contribution in [2.75, 3.05) is 13.1 Å². The number of carbonyl (C=O) groups is 2. The van der Waals surface area contributed by atoms with E-state index in [1.54, 1.807) is 18.2 Å². The van der Waals surface area contributed by atoms with Crippen LogP contribution < -0.4 is 0 Å². The molecule has 3 rings (SSSR count). The number of nitrogens with zero attached hydrogens (tertiary/aromatic N) is 2. The first-order chi connectivity index (χ1) is 10.6. The van der Waals surface area contributed by atoms with Crippen molar-refractivity contribution >= 4 is 23.2 Å². The van der Waals surface area contributed by atoms with Gasteiger partial charge in [-0.2, -0.15) is 0 Å². The molecule has 22 heavy (non-hydrogen) atoms. The van der Waals surface area contributed by atoms with Crippen molar-refractivity contribution in [3.05, 3.63) is 41.2 Å². The van der Waals surface area contributed by atoms with Gasteiger partial charge in [0.05, 0.1) is 12.1 Å². The molecule has 0 spiro atoms. The molecule has 7 heteroatoms. The van der Waals surface area contributed by atoms with Crippen LogP contribution in [-0.4, -0.2) is 40.0 Å². The summed E-state index contributed by atoms with van der Waals surface area (Å²) in [6, 6.07) is 6.25. The lowest BCUT2D eigenvalue weighted by molar-refractivity contribution is -0.141. The molecule has 0 bridgehead atoms. The van der Waals surface area contributed by atoms with Crippen LogP contribution in [-0.2, 0) is 4.79 Å². The lowest BCUT2D eigenvalue weighted by Gasteiger charge is -2.13. The van der Waals surface area contributed by atoms with Gasteiger partial charge in [-0.05, 0) is 18.6 Å². The minimum atomic E-state index is -0.883. The molecular weight excluding hydrogens is 307 g/mol. The van der Waals surface area contributed by atoms with Crippen molar-refractivity contribution in [2.45, 2.75) is 6.42 Å². The van der Waals surface area contributed by atoms with Gasteiger partial charge in [-0.15, -0.1) is 11.3 Å². The fourth-order valence-electron chi connectivity index (χ4n) is 2.43. The molecule has 1 aromatic heterocycles. The number of benzene rings is 1. The summed E-state index contributed by atoms with van der Waals surface area (Å²) in [5.41, 5.74) is 0.358. The molecule has 2 aromatic rings. The maximum Gasteiger partial charge on any atom is 0.308 e. The number of carboxylic acids is 1. The normalized spacial score (nSPS) is 17.7. The zero-order chi connectivity index (χ0) is 15.7. The fraction of sp³-hybridized carbons (Fsp3) is 0.267. The number of likely N-dealkylation sites (tertiary alicyclic amines) is 1. The highest BCUT2D eigenvalue weighted by Gasteiger charge is 2.32. The van der Waals surface area contributed by atoms with Crippen LogP contribution >= 0.6 is 11.3 Å². The lowest BCUT2D eigenvalue weighted by Crippen LogP contribution is -2.29. The van der Waals surface area contributed by atoms with E-state index in [1.165, 1.54) is 17.2 Å². The fourth-order valence-corrected chi connectivity index (χ4v) is 3.35. The summed E-state index contributed by atoms with van der Waals surface area (Å²) in [6.07, 6.45) is 1.88. The second kappa shape index (κ2) is 5.84. The lowest BCUT2D eigenvalue weighted by atomic mass is 10.1. The summed E-state index contributed by atoms with van der Waals surface area (Å²) in [4.78, 5) is 29.3. The Balaban J connectivity index is 1.78. The molecule has 1 atom stereocenters. The third-order valence-corrected chi connectivity index (χ3v) is 4.66. The third kappa shape index (κ3) is 2.71. The number of aliphatic carboxylic acids is 1. The average Bonchev–Trinajstić information content (AvgIpc) is 3.17. The van der Waals surface area contributed by atoms with Crippen molar-refractivity contribution in [3.8, 4) is 10.6 Å². The van der Waals surface area contributed by atoms with E-state index >= 15 is 0 Å². The quantitative estimate of drug-likeness (QED) is 0.943. The average molecular weight is 320 g/mol. The number of thiazole rings is 1. The van der Waals surface area contributed by atoms with Crippen LogP contribution in [0.25, 0.3) is 10.6 Å². The van der Waals surface area contributed by atoms with Crippen molar-refractivity contribution in [1.82, 2.24) is 9.88 Å². The largest absolute Gasteiger partial charge is 0.481 e. The van der Waals surface area contributed by atoms with Gasteiger partial charge in [-0.1, -0.05) is 12.1 Å². The first kappa shape index (κ1) is 14.6. The number of rotatable bonds is 3. The van der Waals surface area contributed by atoms with E-state index < -0.39 is 11.9 Å². The van der Waals surface area contributed by atoms with Gasteiger partial charge < -0.3 is 10.0 Å². The van der Waals surface area contributed by atoms with E-state index in [2.05, 4.69) is 4.98 Å². The molecule has 2 heterocycles. The van der Waals surface area contributed by atoms with E-state index in [0.29, 0.717) is 28.4 Å². The molecular formula is C15H13FN2O3S. The standard InChI is InChI=1S/C15H13FN2O3S/c16-11-4-2-1-3-10(11)13-17-7-12(22-13)14(19)18-6-5-9(8-18)15(20)21/h1-4,7,9H,5-6,8H2,(H,20,21)/t9-/m0/s1. The summed E-state index contributed by atoms with van der Waals surface area (Å²) < 4.78 is 13.7. The van der Waals surface area contributed by atoms with Gasteiger partial charge in [0.1, 0.15) is 15.7 Å². The van der Waals surface area contributed by atoms with Crippen LogP contribution in [0.15, 0.2) is 30.5 Å². The predicted molar refractivity (Wildman–Crippen MR) is 79.2 cm³/mol. The molecule has 114 valence electrons. The Kier molecular flexibility index (Phi) is 3.89. The number of aromatic nitrogens is 1. The molecule has 1 amide bonds. The number of halogens is 1. The van der Waals surface area contributed by atoms with Crippen LogP contribution in [0.4, 0.5) is 4.39 Å². The zero-order valence-corrected chi connectivity index (χ0v) is 12.3. The SMILES string of the molecule is O=C(O)[C@H]1CCN(C(=O)c2cnc(-c3ccccc3F)s2)C1. The van der Waals surface area contributed by atoms with Gasteiger partial charge in [0.2, 0.25) is 0 Å². The Hall–Kier alpha value is -2.28. The van der Waals surface area contributed by atoms with Crippen LogP contribution in [0.2, 0.25) is 0 Å². The monoisotopic (exact) mass is 320 g/mol. The predicted octanol–water partition coefficient (Wildman–Crippen LogP) is 2.50. The summed E-state index contributed by atoms with van der Waals surface area (Å²) in [6.45, 7) is 0.629. The molecule has 1 saturated heterocycles. The summed E-state index contributed by atoms with van der Waals surface area (Å²) >= 11 is 1.11. The van der Waals surface area contributed by atoms with Crippen molar-refractivity contribution in [1.29, 1.82) is 0 Å². The third-order valence-electron chi connectivity index (χ3n) is 3.65. The second-order valence-electron chi connectivity index (χ2n) is 5.08. The summed E-state index contributed by atoms with van der Waals surface area (Å²) in [7, 11) is 0. The highest BCUT2D eigenvalue weighted by atomic mass is 32.1. The molecule has 1 aliphatic rings. The van der Waals surface area contributed by atoms with Crippen molar-refractivity contribution < 1.29 is 19.1 Å². The molecule has 1 fully saturated rings. The van der Waals surface area contributed by atoms with Crippen LogP contribution in [0.1, 0.15) is 16.1 Å². The molecule has 0 radical (unpaired) electrons. The van der Waals surface area contributed by atoms with E-state index in [0.717, 1.165) is 11.3 Å². The number of hydrogen-bond donors (Lipinski definition) is 1. The molecule has 0 unspecified atom stereocenters. The first-order valence-corrected chi connectivity index (χ1v) is 7.60. The Bertz CT molecular complexity index is 731. The zero-order valence-electron chi connectivity index (χ0n) is 11.5. The molecule has 0 saturated carbocycles. The van der Waals surface area contributed by atoms with E-state index in [4.69, 9.17) is 5.11 Å². The maximum absolute atomic E-state index is 13.7.